The molecule has 0 saturated carbocycles. The number of piperazine rings is 1. The van der Waals surface area contributed by atoms with E-state index in [1.54, 1.807) is 21.9 Å². The van der Waals surface area contributed by atoms with Crippen LogP contribution in [0.15, 0.2) is 41.6 Å². The number of alkyl halides is 3. The van der Waals surface area contributed by atoms with E-state index in [4.69, 9.17) is 4.74 Å². The number of halogens is 3. The number of likely N-dealkylation sites (tertiary alicyclic amines) is 1. The molecule has 0 bridgehead atoms. The Balaban J connectivity index is 1.26. The van der Waals surface area contributed by atoms with Crippen LogP contribution in [0.2, 0.25) is 0 Å². The van der Waals surface area contributed by atoms with Crippen molar-refractivity contribution in [1.29, 1.82) is 0 Å². The van der Waals surface area contributed by atoms with Gasteiger partial charge in [-0.1, -0.05) is 12.1 Å². The Labute approximate surface area is 220 Å². The number of carbonyl (C=O) groups is 1. The molecule has 0 radical (unpaired) electrons. The average Bonchev–Trinajstić information content (AvgIpc) is 2.84. The van der Waals surface area contributed by atoms with Gasteiger partial charge in [0.05, 0.1) is 22.5 Å². The predicted octanol–water partition coefficient (Wildman–Crippen LogP) is 3.60. The highest BCUT2D eigenvalue weighted by atomic mass is 32.2. The summed E-state index contributed by atoms with van der Waals surface area (Å²) in [5.41, 5.74) is 0.117. The van der Waals surface area contributed by atoms with Gasteiger partial charge in [0.15, 0.2) is 9.84 Å². The second kappa shape index (κ2) is 11.0. The number of carbonyl (C=O) groups excluding carboxylic acids is 1. The first-order valence-corrected chi connectivity index (χ1v) is 14.3. The van der Waals surface area contributed by atoms with Gasteiger partial charge in [-0.15, -0.1) is 0 Å². The number of hydrogen-bond acceptors (Lipinski definition) is 8. The summed E-state index contributed by atoms with van der Waals surface area (Å²) in [4.78, 5) is 26.8. The maximum atomic E-state index is 13.0. The molecule has 0 aliphatic carbocycles. The molecule has 38 heavy (non-hydrogen) atoms. The van der Waals surface area contributed by atoms with Crippen molar-refractivity contribution in [3.8, 4) is 0 Å². The van der Waals surface area contributed by atoms with Crippen LogP contribution in [0.1, 0.15) is 37.8 Å². The second-order valence-electron chi connectivity index (χ2n) is 10.1. The molecule has 1 amide bonds. The van der Waals surface area contributed by atoms with Gasteiger partial charge in [0.1, 0.15) is 6.10 Å². The standard InChI is InChI=1S/C25H32F3N5O4S/c1-17-14-32(23-29-12-20(13-30-23)25(26,27)28)15-18(2)33(17)24(34)37-21-8-10-31(11-9-21)16-19-4-6-22(7-5-19)38(3,35)36/h4-7,12-13,17-18,21H,8-11,14-16H2,1-3H3/t17-,18+. The predicted molar refractivity (Wildman–Crippen MR) is 134 cm³/mol. The Morgan fingerprint density at radius 3 is 2.08 bits per heavy atom. The smallest absolute Gasteiger partial charge is 0.419 e. The molecule has 2 saturated heterocycles. The fourth-order valence-corrected chi connectivity index (χ4v) is 5.60. The molecule has 2 aliphatic rings. The fourth-order valence-electron chi connectivity index (χ4n) is 4.97. The number of benzene rings is 1. The molecule has 0 spiro atoms. The zero-order valence-corrected chi connectivity index (χ0v) is 22.4. The highest BCUT2D eigenvalue weighted by Gasteiger charge is 2.37. The van der Waals surface area contributed by atoms with Crippen molar-refractivity contribution in [2.75, 3.05) is 37.3 Å². The van der Waals surface area contributed by atoms with Crippen molar-refractivity contribution in [3.05, 3.63) is 47.8 Å². The van der Waals surface area contributed by atoms with Gasteiger partial charge in [0.2, 0.25) is 5.95 Å². The number of piperidine rings is 1. The number of hydrogen-bond donors (Lipinski definition) is 0. The summed E-state index contributed by atoms with van der Waals surface area (Å²) >= 11 is 0. The molecule has 2 atom stereocenters. The number of amides is 1. The highest BCUT2D eigenvalue weighted by Crippen LogP contribution is 2.29. The van der Waals surface area contributed by atoms with Crippen LogP contribution in [0.25, 0.3) is 0 Å². The van der Waals surface area contributed by atoms with Crippen LogP contribution in [0.5, 0.6) is 0 Å². The number of aromatic nitrogens is 2. The molecule has 208 valence electrons. The largest absolute Gasteiger partial charge is 0.446 e. The van der Waals surface area contributed by atoms with Crippen LogP contribution in [0.4, 0.5) is 23.9 Å². The van der Waals surface area contributed by atoms with Gasteiger partial charge in [-0.3, -0.25) is 9.80 Å². The van der Waals surface area contributed by atoms with E-state index in [-0.39, 0.29) is 24.1 Å². The van der Waals surface area contributed by atoms with Crippen molar-refractivity contribution >= 4 is 21.9 Å². The highest BCUT2D eigenvalue weighted by molar-refractivity contribution is 7.90. The minimum Gasteiger partial charge on any atom is -0.446 e. The first kappa shape index (κ1) is 28.1. The Hall–Kier alpha value is -2.93. The number of anilines is 1. The van der Waals surface area contributed by atoms with E-state index in [0.717, 1.165) is 31.0 Å². The van der Waals surface area contributed by atoms with Gasteiger partial charge in [-0.25, -0.2) is 23.2 Å². The first-order valence-electron chi connectivity index (χ1n) is 12.5. The van der Waals surface area contributed by atoms with E-state index in [9.17, 15) is 26.4 Å². The lowest BCUT2D eigenvalue weighted by Gasteiger charge is -2.44. The maximum Gasteiger partial charge on any atom is 0.419 e. The number of rotatable bonds is 5. The van der Waals surface area contributed by atoms with Gasteiger partial charge in [0.25, 0.3) is 0 Å². The molecule has 9 nitrogen and oxygen atoms in total. The second-order valence-corrected chi connectivity index (χ2v) is 12.1. The SMILES string of the molecule is C[C@@H]1CN(c2ncc(C(F)(F)F)cn2)C[C@H](C)N1C(=O)OC1CCN(Cc2ccc(S(C)(=O)=O)cc2)CC1. The van der Waals surface area contributed by atoms with Crippen LogP contribution in [0.3, 0.4) is 0 Å². The molecule has 0 N–H and O–H groups in total. The Morgan fingerprint density at radius 2 is 1.58 bits per heavy atom. The van der Waals surface area contributed by atoms with Gasteiger partial charge in [0, 0.05) is 51.4 Å². The normalized spacial score (nSPS) is 21.9. The number of sulfone groups is 1. The molecule has 4 rings (SSSR count). The molecule has 2 aromatic rings. The Kier molecular flexibility index (Phi) is 8.17. The van der Waals surface area contributed by atoms with Crippen LogP contribution >= 0.6 is 0 Å². The first-order chi connectivity index (χ1) is 17.8. The Morgan fingerprint density at radius 1 is 1.03 bits per heavy atom. The lowest BCUT2D eigenvalue weighted by atomic mass is 10.1. The van der Waals surface area contributed by atoms with E-state index in [0.29, 0.717) is 37.4 Å². The molecule has 0 unspecified atom stereocenters. The summed E-state index contributed by atoms with van der Waals surface area (Å²) in [6.45, 7) is 6.67. The van der Waals surface area contributed by atoms with Crippen LogP contribution in [0, 0.1) is 0 Å². The number of ether oxygens (including phenoxy) is 1. The molecule has 2 fully saturated rings. The Bertz CT molecular complexity index is 1210. The third-order valence-electron chi connectivity index (χ3n) is 6.94. The van der Waals surface area contributed by atoms with Gasteiger partial charge >= 0.3 is 12.3 Å². The molecule has 1 aromatic heterocycles. The average molecular weight is 556 g/mol. The van der Waals surface area contributed by atoms with E-state index < -0.39 is 27.7 Å². The molecular formula is C25H32F3N5O4S. The van der Waals surface area contributed by atoms with Gasteiger partial charge in [-0.2, -0.15) is 13.2 Å². The van der Waals surface area contributed by atoms with Crippen molar-refractivity contribution in [2.45, 2.75) is 62.5 Å². The van der Waals surface area contributed by atoms with E-state index in [2.05, 4.69) is 14.9 Å². The van der Waals surface area contributed by atoms with Gasteiger partial charge < -0.3 is 9.64 Å². The van der Waals surface area contributed by atoms with Crippen LogP contribution < -0.4 is 4.90 Å². The topological polar surface area (TPSA) is 95.9 Å². The summed E-state index contributed by atoms with van der Waals surface area (Å²) in [6, 6.07) is 6.39. The fraction of sp³-hybridized carbons (Fsp3) is 0.560. The number of nitrogens with zero attached hydrogens (tertiary/aromatic N) is 5. The van der Waals surface area contributed by atoms with Gasteiger partial charge in [-0.05, 0) is 44.4 Å². The molecule has 3 heterocycles. The lowest BCUT2D eigenvalue weighted by Crippen LogP contribution is -2.59. The van der Waals surface area contributed by atoms with Crippen molar-refractivity contribution < 1.29 is 31.1 Å². The van der Waals surface area contributed by atoms with Crippen molar-refractivity contribution in [2.24, 2.45) is 0 Å². The maximum absolute atomic E-state index is 13.0. The molecule has 13 heteroatoms. The summed E-state index contributed by atoms with van der Waals surface area (Å²) < 4.78 is 67.6. The summed E-state index contributed by atoms with van der Waals surface area (Å²) in [6.07, 6.45) is -0.989. The quantitative estimate of drug-likeness (QED) is 0.553. The summed E-state index contributed by atoms with van der Waals surface area (Å²) in [5, 5.41) is 0. The monoisotopic (exact) mass is 555 g/mol. The molecule has 1 aromatic carbocycles. The third kappa shape index (κ3) is 6.73. The van der Waals surface area contributed by atoms with Crippen LogP contribution in [-0.4, -0.2) is 84.9 Å². The summed E-state index contributed by atoms with van der Waals surface area (Å²) in [7, 11) is -3.22. The summed E-state index contributed by atoms with van der Waals surface area (Å²) in [5.74, 6) is 0.197. The van der Waals surface area contributed by atoms with Crippen molar-refractivity contribution in [1.82, 2.24) is 19.8 Å². The van der Waals surface area contributed by atoms with E-state index >= 15 is 0 Å². The molecular weight excluding hydrogens is 523 g/mol. The zero-order chi connectivity index (χ0) is 27.7. The molecule has 2 aliphatic heterocycles. The van der Waals surface area contributed by atoms with E-state index in [1.807, 2.05) is 26.0 Å². The van der Waals surface area contributed by atoms with Crippen molar-refractivity contribution in [3.63, 3.8) is 0 Å². The zero-order valence-electron chi connectivity index (χ0n) is 21.6. The van der Waals surface area contributed by atoms with E-state index in [1.165, 1.54) is 6.26 Å². The minimum atomic E-state index is -4.50. The minimum absolute atomic E-state index is 0.197. The van der Waals surface area contributed by atoms with Crippen LogP contribution in [-0.2, 0) is 27.3 Å². The third-order valence-corrected chi connectivity index (χ3v) is 8.07. The lowest BCUT2D eigenvalue weighted by molar-refractivity contribution is -0.138.